The number of likely N-dealkylation sites (tertiary alicyclic amines) is 1. The highest BCUT2D eigenvalue weighted by molar-refractivity contribution is 5.92. The summed E-state index contributed by atoms with van der Waals surface area (Å²) < 4.78 is 6.69. The van der Waals surface area contributed by atoms with Crippen molar-refractivity contribution >= 4 is 12.0 Å². The van der Waals surface area contributed by atoms with Crippen LogP contribution in [0.1, 0.15) is 54.9 Å². The van der Waals surface area contributed by atoms with Gasteiger partial charge in [-0.15, -0.1) is 0 Å². The summed E-state index contributed by atoms with van der Waals surface area (Å²) in [5.41, 5.74) is 2.73. The maximum absolute atomic E-state index is 13.5. The number of aliphatic hydroxyl groups is 1. The van der Waals surface area contributed by atoms with Crippen LogP contribution in [-0.4, -0.2) is 69.8 Å². The normalized spacial score (nSPS) is 35.2. The van der Waals surface area contributed by atoms with Gasteiger partial charge in [-0.3, -0.25) is 9.69 Å². The lowest BCUT2D eigenvalue weighted by atomic mass is 9.46. The average Bonchev–Trinajstić information content (AvgIpc) is 3.62. The smallest absolute Gasteiger partial charge is 0.246 e. The average molecular weight is 515 g/mol. The number of rotatable bonds is 5. The Morgan fingerprint density at radius 2 is 2.08 bits per heavy atom. The summed E-state index contributed by atoms with van der Waals surface area (Å²) in [6.45, 7) is 6.15. The van der Waals surface area contributed by atoms with Gasteiger partial charge in [-0.25, -0.2) is 0 Å². The number of phenolic OH excluding ortho intramolecular Hbond substituents is 1. The molecule has 0 unspecified atom stereocenters. The molecule has 2 bridgehead atoms. The molecule has 200 valence electrons. The van der Waals surface area contributed by atoms with Crippen molar-refractivity contribution in [1.82, 2.24) is 9.80 Å². The van der Waals surface area contributed by atoms with Crippen LogP contribution in [0.25, 0.3) is 6.08 Å². The highest BCUT2D eigenvalue weighted by Crippen LogP contribution is 2.66. The van der Waals surface area contributed by atoms with E-state index in [2.05, 4.69) is 17.9 Å². The SMILES string of the molecule is Cc1cccc(C=CC(=O)N(C)[C@@H]2[C@@H](C)C[C@@]3(O)[C@H]4Cc5ccc(O)c6c5[C@@]3(CCN4CC3CC3)[C@H]2O6)c1. The molecule has 2 aromatic carbocycles. The maximum Gasteiger partial charge on any atom is 0.246 e. The van der Waals surface area contributed by atoms with Crippen LogP contribution in [0.2, 0.25) is 0 Å². The van der Waals surface area contributed by atoms with E-state index in [1.54, 1.807) is 12.1 Å². The molecule has 7 rings (SSSR count). The fourth-order valence-electron chi connectivity index (χ4n) is 8.52. The van der Waals surface area contributed by atoms with Crippen molar-refractivity contribution in [3.05, 3.63) is 64.7 Å². The monoisotopic (exact) mass is 514 g/mol. The van der Waals surface area contributed by atoms with Crippen LogP contribution in [-0.2, 0) is 16.6 Å². The Balaban J connectivity index is 1.28. The number of amides is 1. The first-order chi connectivity index (χ1) is 18.2. The third kappa shape index (κ3) is 3.29. The Labute approximate surface area is 224 Å². The molecule has 6 heteroatoms. The van der Waals surface area contributed by atoms with Gasteiger partial charge < -0.3 is 19.8 Å². The molecule has 6 atom stereocenters. The molecule has 2 saturated carbocycles. The van der Waals surface area contributed by atoms with E-state index in [9.17, 15) is 15.0 Å². The van der Waals surface area contributed by atoms with E-state index < -0.39 is 17.1 Å². The number of piperidine rings is 1. The lowest BCUT2D eigenvalue weighted by Gasteiger charge is -2.66. The fraction of sp³-hybridized carbons (Fsp3) is 0.531. The Morgan fingerprint density at radius 3 is 2.84 bits per heavy atom. The number of nitrogens with zero attached hydrogens (tertiary/aromatic N) is 2. The van der Waals surface area contributed by atoms with Gasteiger partial charge in [0.05, 0.1) is 17.1 Å². The first-order valence-electron chi connectivity index (χ1n) is 14.2. The molecule has 1 saturated heterocycles. The van der Waals surface area contributed by atoms with Gasteiger partial charge >= 0.3 is 0 Å². The molecule has 2 aromatic rings. The minimum Gasteiger partial charge on any atom is -0.504 e. The summed E-state index contributed by atoms with van der Waals surface area (Å²) in [7, 11) is 1.86. The molecular formula is C32H38N2O4. The molecule has 38 heavy (non-hydrogen) atoms. The second kappa shape index (κ2) is 8.33. The predicted octanol–water partition coefficient (Wildman–Crippen LogP) is 4.05. The van der Waals surface area contributed by atoms with Crippen LogP contribution < -0.4 is 4.74 Å². The molecule has 1 spiro atoms. The van der Waals surface area contributed by atoms with Crippen molar-refractivity contribution in [3.8, 4) is 11.5 Å². The Bertz CT molecular complexity index is 1330. The molecule has 1 amide bonds. The number of likely N-dealkylation sites (N-methyl/N-ethyl adjacent to an activating group) is 1. The van der Waals surface area contributed by atoms with Crippen molar-refractivity contribution in [1.29, 1.82) is 0 Å². The van der Waals surface area contributed by atoms with Gasteiger partial charge in [0, 0.05) is 31.3 Å². The highest BCUT2D eigenvalue weighted by atomic mass is 16.5. The molecule has 2 aliphatic heterocycles. The number of hydrogen-bond acceptors (Lipinski definition) is 5. The number of ether oxygens (including phenoxy) is 1. The number of aryl methyl sites for hydroxylation is 1. The first-order valence-corrected chi connectivity index (χ1v) is 14.2. The van der Waals surface area contributed by atoms with E-state index in [0.717, 1.165) is 48.5 Å². The van der Waals surface area contributed by atoms with E-state index in [1.165, 1.54) is 18.4 Å². The zero-order valence-electron chi connectivity index (χ0n) is 22.6. The third-order valence-electron chi connectivity index (χ3n) is 10.3. The van der Waals surface area contributed by atoms with E-state index >= 15 is 0 Å². The van der Waals surface area contributed by atoms with Crippen molar-refractivity contribution in [3.63, 3.8) is 0 Å². The van der Waals surface area contributed by atoms with Gasteiger partial charge in [0.1, 0.15) is 6.10 Å². The van der Waals surface area contributed by atoms with Crippen LogP contribution in [0, 0.1) is 18.8 Å². The predicted molar refractivity (Wildman–Crippen MR) is 146 cm³/mol. The van der Waals surface area contributed by atoms with Gasteiger partial charge in [-0.2, -0.15) is 0 Å². The van der Waals surface area contributed by atoms with E-state index in [0.29, 0.717) is 12.2 Å². The van der Waals surface area contributed by atoms with Crippen LogP contribution in [0.4, 0.5) is 0 Å². The lowest BCUT2D eigenvalue weighted by molar-refractivity contribution is -0.212. The highest BCUT2D eigenvalue weighted by Gasteiger charge is 2.74. The minimum absolute atomic E-state index is 0.0246. The number of phenols is 1. The van der Waals surface area contributed by atoms with Crippen molar-refractivity contribution < 1.29 is 19.7 Å². The number of benzene rings is 2. The molecular weight excluding hydrogens is 476 g/mol. The van der Waals surface area contributed by atoms with Crippen LogP contribution in [0.5, 0.6) is 11.5 Å². The van der Waals surface area contributed by atoms with E-state index in [-0.39, 0.29) is 29.7 Å². The minimum atomic E-state index is -0.964. The van der Waals surface area contributed by atoms with Gasteiger partial charge in [0.2, 0.25) is 5.91 Å². The molecule has 3 aliphatic carbocycles. The molecule has 6 nitrogen and oxygen atoms in total. The standard InChI is InChI=1S/C32H38N2O4/c1-19-5-4-6-21(15-19)9-12-26(36)33(3)28-20(2)17-32(37)25-16-23-10-11-24(35)29-27(23)31(32,30(28)38-29)13-14-34(25)18-22-7-8-22/h4-6,9-12,15,20,22,25,28,30,35,37H,7-8,13-14,16-18H2,1-3H3/t20-,25+,28+,30-,31-,32+/m0/s1. The number of carbonyl (C=O) groups excluding carboxylic acids is 1. The second-order valence-corrected chi connectivity index (χ2v) is 12.7. The van der Waals surface area contributed by atoms with E-state index in [4.69, 9.17) is 4.74 Å². The van der Waals surface area contributed by atoms with Crippen molar-refractivity contribution in [2.75, 3.05) is 20.1 Å². The second-order valence-electron chi connectivity index (χ2n) is 12.7. The summed E-state index contributed by atoms with van der Waals surface area (Å²) in [5, 5.41) is 23.7. The maximum atomic E-state index is 13.5. The zero-order valence-corrected chi connectivity index (χ0v) is 22.6. The number of aromatic hydroxyl groups is 1. The Kier molecular flexibility index (Phi) is 5.31. The summed E-state index contributed by atoms with van der Waals surface area (Å²) >= 11 is 0. The van der Waals surface area contributed by atoms with Gasteiger partial charge in [-0.1, -0.05) is 42.8 Å². The number of carbonyl (C=O) groups is 1. The molecule has 5 aliphatic rings. The fourth-order valence-corrected chi connectivity index (χ4v) is 8.52. The molecule has 2 N–H and O–H groups in total. The van der Waals surface area contributed by atoms with Gasteiger partial charge in [0.15, 0.2) is 11.5 Å². The first kappa shape index (κ1) is 24.2. The van der Waals surface area contributed by atoms with Crippen LogP contribution in [0.15, 0.2) is 42.5 Å². The molecule has 0 radical (unpaired) electrons. The number of hydrogen-bond donors (Lipinski definition) is 2. The summed E-state index contributed by atoms with van der Waals surface area (Å²) in [5.74, 6) is 1.36. The van der Waals surface area contributed by atoms with Crippen molar-refractivity contribution in [2.45, 2.75) is 75.2 Å². The van der Waals surface area contributed by atoms with Crippen LogP contribution >= 0.6 is 0 Å². The quantitative estimate of drug-likeness (QED) is 0.589. The van der Waals surface area contributed by atoms with Gasteiger partial charge in [-0.05, 0) is 80.7 Å². The Hall–Kier alpha value is -2.83. The summed E-state index contributed by atoms with van der Waals surface area (Å²) in [6, 6.07) is 11.7. The summed E-state index contributed by atoms with van der Waals surface area (Å²) in [4.78, 5) is 17.9. The van der Waals surface area contributed by atoms with Gasteiger partial charge in [0.25, 0.3) is 0 Å². The molecule has 0 aromatic heterocycles. The third-order valence-corrected chi connectivity index (χ3v) is 10.3. The van der Waals surface area contributed by atoms with E-state index in [1.807, 2.05) is 49.2 Å². The largest absolute Gasteiger partial charge is 0.504 e. The summed E-state index contributed by atoms with van der Waals surface area (Å²) in [6.07, 6.45) is 7.83. The van der Waals surface area contributed by atoms with Crippen LogP contribution in [0.3, 0.4) is 0 Å². The Morgan fingerprint density at radius 1 is 1.26 bits per heavy atom. The molecule has 2 heterocycles. The zero-order chi connectivity index (χ0) is 26.4. The topological polar surface area (TPSA) is 73.2 Å². The van der Waals surface area contributed by atoms with Crippen molar-refractivity contribution in [2.24, 2.45) is 11.8 Å². The molecule has 3 fully saturated rings. The lowest BCUT2D eigenvalue weighted by Crippen LogP contribution is -2.79.